The molecule has 0 fully saturated rings. The molecule has 21 heavy (non-hydrogen) atoms. The molecule has 0 bridgehead atoms. The molecular formula is C16H19N3O2. The van der Waals surface area contributed by atoms with Crippen LogP contribution in [-0.4, -0.2) is 29.9 Å². The van der Waals surface area contributed by atoms with Crippen LogP contribution in [0.3, 0.4) is 0 Å². The van der Waals surface area contributed by atoms with E-state index in [1.807, 2.05) is 19.1 Å². The monoisotopic (exact) mass is 285 g/mol. The molecule has 2 rings (SSSR count). The topological polar surface area (TPSA) is 68.5 Å². The zero-order valence-corrected chi connectivity index (χ0v) is 12.4. The van der Waals surface area contributed by atoms with Crippen molar-refractivity contribution in [2.75, 3.05) is 19.9 Å². The van der Waals surface area contributed by atoms with Gasteiger partial charge in [-0.2, -0.15) is 0 Å². The van der Waals surface area contributed by atoms with Gasteiger partial charge in [-0.1, -0.05) is 0 Å². The summed E-state index contributed by atoms with van der Waals surface area (Å²) in [5.41, 5.74) is 7.84. The fourth-order valence-corrected chi connectivity index (χ4v) is 2.09. The number of benzene rings is 1. The zero-order valence-electron chi connectivity index (χ0n) is 12.4. The Morgan fingerprint density at radius 3 is 2.52 bits per heavy atom. The molecule has 1 atom stereocenters. The smallest absolute Gasteiger partial charge is 0.256 e. The number of anilines is 1. The molecule has 0 spiro atoms. The zero-order chi connectivity index (χ0) is 15.4. The van der Waals surface area contributed by atoms with E-state index in [1.165, 1.54) is 0 Å². The van der Waals surface area contributed by atoms with Crippen molar-refractivity contribution in [1.82, 2.24) is 9.88 Å². The molecule has 2 aromatic rings. The van der Waals surface area contributed by atoms with E-state index in [0.29, 0.717) is 17.0 Å². The van der Waals surface area contributed by atoms with E-state index in [0.717, 1.165) is 5.56 Å². The maximum Gasteiger partial charge on any atom is 0.256 e. The second kappa shape index (κ2) is 6.26. The van der Waals surface area contributed by atoms with Crippen LogP contribution in [0.5, 0.6) is 5.75 Å². The number of nitrogens with two attached hydrogens (primary N) is 1. The fraction of sp³-hybridized carbons (Fsp3) is 0.250. The van der Waals surface area contributed by atoms with Crippen LogP contribution in [0.1, 0.15) is 28.9 Å². The molecule has 0 aliphatic heterocycles. The van der Waals surface area contributed by atoms with E-state index >= 15 is 0 Å². The van der Waals surface area contributed by atoms with Gasteiger partial charge in [0.25, 0.3) is 5.91 Å². The number of carbonyl (C=O) groups excluding carboxylic acids is 1. The highest BCUT2D eigenvalue weighted by atomic mass is 16.5. The molecule has 1 heterocycles. The van der Waals surface area contributed by atoms with Gasteiger partial charge in [-0.3, -0.25) is 9.78 Å². The minimum atomic E-state index is -0.125. The van der Waals surface area contributed by atoms with Crippen LogP contribution in [0.15, 0.2) is 42.7 Å². The summed E-state index contributed by atoms with van der Waals surface area (Å²) < 4.78 is 5.10. The van der Waals surface area contributed by atoms with Crippen molar-refractivity contribution in [3.8, 4) is 5.75 Å². The van der Waals surface area contributed by atoms with Crippen LogP contribution in [0.4, 0.5) is 5.69 Å². The van der Waals surface area contributed by atoms with E-state index in [-0.39, 0.29) is 11.9 Å². The summed E-state index contributed by atoms with van der Waals surface area (Å²) in [7, 11) is 3.32. The molecule has 1 aromatic heterocycles. The van der Waals surface area contributed by atoms with Crippen LogP contribution < -0.4 is 10.5 Å². The van der Waals surface area contributed by atoms with Crippen molar-refractivity contribution in [1.29, 1.82) is 0 Å². The van der Waals surface area contributed by atoms with E-state index in [4.69, 9.17) is 10.5 Å². The van der Waals surface area contributed by atoms with Crippen molar-refractivity contribution in [2.24, 2.45) is 0 Å². The predicted molar refractivity (Wildman–Crippen MR) is 82.2 cm³/mol. The Morgan fingerprint density at radius 1 is 1.29 bits per heavy atom. The number of nitrogen functional groups attached to an aromatic ring is 1. The van der Waals surface area contributed by atoms with Gasteiger partial charge in [-0.15, -0.1) is 0 Å². The summed E-state index contributed by atoms with van der Waals surface area (Å²) in [6, 6.07) is 8.79. The number of aromatic nitrogens is 1. The highest BCUT2D eigenvalue weighted by Crippen LogP contribution is 2.24. The summed E-state index contributed by atoms with van der Waals surface area (Å²) >= 11 is 0. The first-order valence-corrected chi connectivity index (χ1v) is 6.65. The van der Waals surface area contributed by atoms with E-state index in [1.54, 1.807) is 49.7 Å². The number of methoxy groups -OCH3 is 1. The summed E-state index contributed by atoms with van der Waals surface area (Å²) in [6.07, 6.45) is 3.43. The molecule has 1 unspecified atom stereocenters. The quantitative estimate of drug-likeness (QED) is 0.876. The molecule has 110 valence electrons. The van der Waals surface area contributed by atoms with Crippen LogP contribution in [-0.2, 0) is 0 Å². The highest BCUT2D eigenvalue weighted by molar-refractivity contribution is 5.99. The van der Waals surface area contributed by atoms with Gasteiger partial charge in [-0.25, -0.2) is 0 Å². The molecular weight excluding hydrogens is 266 g/mol. The molecule has 0 aliphatic rings. The molecule has 5 nitrogen and oxygen atoms in total. The first kappa shape index (κ1) is 14.8. The van der Waals surface area contributed by atoms with Crippen LogP contribution in [0.25, 0.3) is 0 Å². The average Bonchev–Trinajstić information content (AvgIpc) is 2.53. The average molecular weight is 285 g/mol. The number of amides is 1. The van der Waals surface area contributed by atoms with Crippen molar-refractivity contribution in [3.05, 3.63) is 53.9 Å². The summed E-state index contributed by atoms with van der Waals surface area (Å²) in [5, 5.41) is 0. The number of hydrogen-bond donors (Lipinski definition) is 1. The lowest BCUT2D eigenvalue weighted by Gasteiger charge is -2.26. The normalized spacial score (nSPS) is 11.8. The molecule has 2 N–H and O–H groups in total. The maximum atomic E-state index is 12.6. The Morgan fingerprint density at radius 2 is 1.95 bits per heavy atom. The first-order valence-electron chi connectivity index (χ1n) is 6.65. The third-order valence-corrected chi connectivity index (χ3v) is 3.58. The van der Waals surface area contributed by atoms with E-state index < -0.39 is 0 Å². The van der Waals surface area contributed by atoms with Gasteiger partial charge in [0.2, 0.25) is 0 Å². The molecule has 5 heteroatoms. The number of nitrogens with zero attached hydrogens (tertiary/aromatic N) is 2. The van der Waals surface area contributed by atoms with Gasteiger partial charge in [0.15, 0.2) is 0 Å². The van der Waals surface area contributed by atoms with Crippen LogP contribution in [0.2, 0.25) is 0 Å². The lowest BCUT2D eigenvalue weighted by atomic mass is 10.1. The van der Waals surface area contributed by atoms with E-state index in [9.17, 15) is 4.79 Å². The Labute approximate surface area is 124 Å². The van der Waals surface area contributed by atoms with Gasteiger partial charge in [0.05, 0.1) is 18.7 Å². The second-order valence-corrected chi connectivity index (χ2v) is 4.83. The Bertz CT molecular complexity index is 629. The molecule has 0 saturated carbocycles. The Balaban J connectivity index is 2.23. The standard InChI is InChI=1S/C16H19N3O2/c1-11(12-6-8-18-9-7-12)19(2)16(20)14-5-4-13(21-3)10-15(14)17/h4-11H,17H2,1-3H3. The minimum Gasteiger partial charge on any atom is -0.497 e. The number of ether oxygens (including phenoxy) is 1. The molecule has 1 amide bonds. The maximum absolute atomic E-state index is 12.6. The van der Waals surface area contributed by atoms with Gasteiger partial charge in [0.1, 0.15) is 5.75 Å². The number of carbonyl (C=O) groups is 1. The largest absolute Gasteiger partial charge is 0.497 e. The first-order chi connectivity index (χ1) is 10.0. The summed E-state index contributed by atoms with van der Waals surface area (Å²) in [4.78, 5) is 18.2. The van der Waals surface area contributed by atoms with Gasteiger partial charge in [-0.05, 0) is 36.8 Å². The SMILES string of the molecule is COc1ccc(C(=O)N(C)C(C)c2ccncc2)c(N)c1. The third kappa shape index (κ3) is 3.13. The third-order valence-electron chi connectivity index (χ3n) is 3.58. The highest BCUT2D eigenvalue weighted by Gasteiger charge is 2.20. The molecule has 0 radical (unpaired) electrons. The van der Waals surface area contributed by atoms with Crippen molar-refractivity contribution in [2.45, 2.75) is 13.0 Å². The predicted octanol–water partition coefficient (Wildman–Crippen LogP) is 2.51. The summed E-state index contributed by atoms with van der Waals surface area (Å²) in [5.74, 6) is 0.508. The van der Waals surface area contributed by atoms with Gasteiger partial charge < -0.3 is 15.4 Å². The van der Waals surface area contributed by atoms with E-state index in [2.05, 4.69) is 4.98 Å². The molecule has 1 aromatic carbocycles. The minimum absolute atomic E-state index is 0.0676. The van der Waals surface area contributed by atoms with Crippen LogP contribution >= 0.6 is 0 Å². The fourth-order valence-electron chi connectivity index (χ4n) is 2.09. The van der Waals surface area contributed by atoms with Crippen LogP contribution in [0, 0.1) is 0 Å². The van der Waals surface area contributed by atoms with Crippen molar-refractivity contribution >= 4 is 11.6 Å². The van der Waals surface area contributed by atoms with Crippen molar-refractivity contribution in [3.63, 3.8) is 0 Å². The number of pyridine rings is 1. The lowest BCUT2D eigenvalue weighted by Crippen LogP contribution is -2.30. The summed E-state index contributed by atoms with van der Waals surface area (Å²) in [6.45, 7) is 1.97. The second-order valence-electron chi connectivity index (χ2n) is 4.83. The van der Waals surface area contributed by atoms with Crippen molar-refractivity contribution < 1.29 is 9.53 Å². The Hall–Kier alpha value is -2.56. The lowest BCUT2D eigenvalue weighted by molar-refractivity contribution is 0.0743. The number of hydrogen-bond acceptors (Lipinski definition) is 4. The number of rotatable bonds is 4. The molecule has 0 aliphatic carbocycles. The molecule has 0 saturated heterocycles. The van der Waals surface area contributed by atoms with Gasteiger partial charge in [0, 0.05) is 31.2 Å². The van der Waals surface area contributed by atoms with Gasteiger partial charge >= 0.3 is 0 Å². The Kier molecular flexibility index (Phi) is 4.42.